The number of halogens is 1. The van der Waals surface area contributed by atoms with Gasteiger partial charge < -0.3 is 10.4 Å². The van der Waals surface area contributed by atoms with Crippen molar-refractivity contribution in [2.45, 2.75) is 25.4 Å². The van der Waals surface area contributed by atoms with E-state index in [2.05, 4.69) is 5.32 Å². The molecular weight excluding hydrogens is 222 g/mol. The van der Waals surface area contributed by atoms with Gasteiger partial charge in [-0.2, -0.15) is 0 Å². The molecule has 16 heavy (non-hydrogen) atoms. The summed E-state index contributed by atoms with van der Waals surface area (Å²) < 4.78 is 0. The van der Waals surface area contributed by atoms with Gasteiger partial charge in [-0.25, -0.2) is 0 Å². The van der Waals surface area contributed by atoms with E-state index >= 15 is 0 Å². The molecule has 0 bridgehead atoms. The minimum Gasteiger partial charge on any atom is -0.392 e. The zero-order valence-electron chi connectivity index (χ0n) is 9.32. The van der Waals surface area contributed by atoms with E-state index in [0.29, 0.717) is 5.92 Å². The van der Waals surface area contributed by atoms with Gasteiger partial charge >= 0.3 is 0 Å². The monoisotopic (exact) mass is 239 g/mol. The summed E-state index contributed by atoms with van der Waals surface area (Å²) in [7, 11) is 0. The molecule has 0 unspecified atom stereocenters. The first-order valence-corrected chi connectivity index (χ1v) is 6.27. The van der Waals surface area contributed by atoms with Gasteiger partial charge in [-0.1, -0.05) is 23.7 Å². The Kier molecular flexibility index (Phi) is 4.22. The maximum Gasteiger partial charge on any atom is 0.0620 e. The van der Waals surface area contributed by atoms with Crippen LogP contribution in [0.3, 0.4) is 0 Å². The Hall–Kier alpha value is -0.570. The number of hydrogen-bond acceptors (Lipinski definition) is 2. The molecule has 1 aliphatic heterocycles. The van der Waals surface area contributed by atoms with Crippen LogP contribution in [0.15, 0.2) is 24.3 Å². The van der Waals surface area contributed by atoms with Crippen molar-refractivity contribution in [3.8, 4) is 0 Å². The van der Waals surface area contributed by atoms with Crippen LogP contribution in [0.4, 0.5) is 0 Å². The first-order chi connectivity index (χ1) is 7.75. The molecule has 1 saturated heterocycles. The van der Waals surface area contributed by atoms with Gasteiger partial charge in [0, 0.05) is 11.6 Å². The van der Waals surface area contributed by atoms with Crippen LogP contribution in [-0.2, 0) is 6.42 Å². The molecule has 1 aliphatic rings. The standard InChI is InChI=1S/C13H18ClNO/c14-12-5-3-10(4-6-12)8-13(16)11-2-1-7-15-9-11/h3-6,11,13,15-16H,1-2,7-9H2/t11-,13+/m1/s1. The molecule has 2 N–H and O–H groups in total. The van der Waals surface area contributed by atoms with Crippen LogP contribution in [0.25, 0.3) is 0 Å². The van der Waals surface area contributed by atoms with Crippen molar-refractivity contribution in [3.63, 3.8) is 0 Å². The Morgan fingerprint density at radius 3 is 2.75 bits per heavy atom. The number of aliphatic hydroxyl groups is 1. The smallest absolute Gasteiger partial charge is 0.0620 e. The van der Waals surface area contributed by atoms with Crippen molar-refractivity contribution >= 4 is 11.6 Å². The molecule has 1 fully saturated rings. The molecule has 88 valence electrons. The molecule has 1 aromatic rings. The fraction of sp³-hybridized carbons (Fsp3) is 0.538. The van der Waals surface area contributed by atoms with Crippen LogP contribution in [0.5, 0.6) is 0 Å². The van der Waals surface area contributed by atoms with Gasteiger partial charge in [-0.15, -0.1) is 0 Å². The predicted octanol–water partition coefficient (Wildman–Crippen LogP) is 2.24. The van der Waals surface area contributed by atoms with Crippen LogP contribution in [0.2, 0.25) is 5.02 Å². The average Bonchev–Trinajstić information content (AvgIpc) is 2.33. The minimum atomic E-state index is -0.242. The zero-order chi connectivity index (χ0) is 11.4. The number of nitrogens with one attached hydrogen (secondary N) is 1. The van der Waals surface area contributed by atoms with Gasteiger partial charge in [-0.05, 0) is 49.4 Å². The molecule has 0 radical (unpaired) electrons. The van der Waals surface area contributed by atoms with E-state index in [1.807, 2.05) is 24.3 Å². The van der Waals surface area contributed by atoms with E-state index in [0.717, 1.165) is 36.5 Å². The molecule has 1 aromatic carbocycles. The summed E-state index contributed by atoms with van der Waals surface area (Å²) in [6.45, 7) is 2.03. The van der Waals surface area contributed by atoms with Crippen LogP contribution < -0.4 is 5.32 Å². The lowest BCUT2D eigenvalue weighted by Gasteiger charge is -2.27. The highest BCUT2D eigenvalue weighted by molar-refractivity contribution is 6.30. The second-order valence-corrected chi connectivity index (χ2v) is 4.94. The van der Waals surface area contributed by atoms with E-state index in [-0.39, 0.29) is 6.10 Å². The van der Waals surface area contributed by atoms with Gasteiger partial charge in [0.1, 0.15) is 0 Å². The third-order valence-electron chi connectivity index (χ3n) is 3.24. The predicted molar refractivity (Wildman–Crippen MR) is 66.8 cm³/mol. The summed E-state index contributed by atoms with van der Waals surface area (Å²) in [6.07, 6.45) is 2.78. The number of piperidine rings is 1. The molecule has 0 saturated carbocycles. The molecule has 2 rings (SSSR count). The lowest BCUT2D eigenvalue weighted by atomic mass is 9.90. The van der Waals surface area contributed by atoms with E-state index in [1.165, 1.54) is 6.42 Å². The number of rotatable bonds is 3. The Balaban J connectivity index is 1.90. The average molecular weight is 240 g/mol. The Bertz CT molecular complexity index is 319. The van der Waals surface area contributed by atoms with E-state index in [1.54, 1.807) is 0 Å². The highest BCUT2D eigenvalue weighted by Gasteiger charge is 2.21. The lowest BCUT2D eigenvalue weighted by Crippen LogP contribution is -2.37. The summed E-state index contributed by atoms with van der Waals surface area (Å²) in [6, 6.07) is 7.73. The Labute approximate surface area is 102 Å². The first kappa shape index (κ1) is 11.9. The third kappa shape index (κ3) is 3.21. The van der Waals surface area contributed by atoms with Crippen molar-refractivity contribution < 1.29 is 5.11 Å². The maximum atomic E-state index is 10.1. The molecule has 1 heterocycles. The summed E-state index contributed by atoms with van der Waals surface area (Å²) in [5.41, 5.74) is 1.16. The van der Waals surface area contributed by atoms with Crippen molar-refractivity contribution in [2.24, 2.45) is 5.92 Å². The Morgan fingerprint density at radius 1 is 1.38 bits per heavy atom. The molecule has 3 heteroatoms. The highest BCUT2D eigenvalue weighted by atomic mass is 35.5. The number of benzene rings is 1. The van der Waals surface area contributed by atoms with Crippen LogP contribution in [0.1, 0.15) is 18.4 Å². The van der Waals surface area contributed by atoms with Gasteiger partial charge in [0.15, 0.2) is 0 Å². The van der Waals surface area contributed by atoms with Crippen LogP contribution in [-0.4, -0.2) is 24.3 Å². The van der Waals surface area contributed by atoms with Crippen molar-refractivity contribution in [1.82, 2.24) is 5.32 Å². The van der Waals surface area contributed by atoms with Crippen LogP contribution >= 0.6 is 11.6 Å². The fourth-order valence-electron chi connectivity index (χ4n) is 2.24. The molecule has 2 atom stereocenters. The second-order valence-electron chi connectivity index (χ2n) is 4.50. The molecule has 2 nitrogen and oxygen atoms in total. The summed E-state index contributed by atoms with van der Waals surface area (Å²) in [5, 5.41) is 14.2. The largest absolute Gasteiger partial charge is 0.392 e. The molecule has 0 aliphatic carbocycles. The van der Waals surface area contributed by atoms with Gasteiger partial charge in [0.05, 0.1) is 6.10 Å². The van der Waals surface area contributed by atoms with E-state index < -0.39 is 0 Å². The minimum absolute atomic E-state index is 0.242. The first-order valence-electron chi connectivity index (χ1n) is 5.89. The normalized spacial score (nSPS) is 23.0. The van der Waals surface area contributed by atoms with Crippen molar-refractivity contribution in [2.75, 3.05) is 13.1 Å². The maximum absolute atomic E-state index is 10.1. The third-order valence-corrected chi connectivity index (χ3v) is 3.49. The second kappa shape index (κ2) is 5.67. The SMILES string of the molecule is O[C@@H](Cc1ccc(Cl)cc1)[C@@H]1CCCNC1. The molecule has 0 spiro atoms. The Morgan fingerprint density at radius 2 is 2.12 bits per heavy atom. The number of aliphatic hydroxyl groups excluding tert-OH is 1. The summed E-state index contributed by atoms with van der Waals surface area (Å²) >= 11 is 5.82. The molecule has 0 aromatic heterocycles. The van der Waals surface area contributed by atoms with Gasteiger partial charge in [0.2, 0.25) is 0 Å². The van der Waals surface area contributed by atoms with Gasteiger partial charge in [0.25, 0.3) is 0 Å². The quantitative estimate of drug-likeness (QED) is 0.848. The van der Waals surface area contributed by atoms with Crippen molar-refractivity contribution in [1.29, 1.82) is 0 Å². The van der Waals surface area contributed by atoms with Crippen molar-refractivity contribution in [3.05, 3.63) is 34.9 Å². The van der Waals surface area contributed by atoms with E-state index in [4.69, 9.17) is 11.6 Å². The van der Waals surface area contributed by atoms with Crippen LogP contribution in [0, 0.1) is 5.92 Å². The zero-order valence-corrected chi connectivity index (χ0v) is 10.1. The lowest BCUT2D eigenvalue weighted by molar-refractivity contribution is 0.0922. The number of hydrogen-bond donors (Lipinski definition) is 2. The summed E-state index contributed by atoms with van der Waals surface area (Å²) in [4.78, 5) is 0. The van der Waals surface area contributed by atoms with Gasteiger partial charge in [-0.3, -0.25) is 0 Å². The summed E-state index contributed by atoms with van der Waals surface area (Å²) in [5.74, 6) is 0.393. The topological polar surface area (TPSA) is 32.3 Å². The highest BCUT2D eigenvalue weighted by Crippen LogP contribution is 2.19. The fourth-order valence-corrected chi connectivity index (χ4v) is 2.36. The molecule has 0 amide bonds. The molecular formula is C13H18ClNO. The van der Waals surface area contributed by atoms with E-state index in [9.17, 15) is 5.11 Å².